The fraction of sp³-hybridized carbons (Fsp3) is 0.286. The molecule has 0 saturated carbocycles. The summed E-state index contributed by atoms with van der Waals surface area (Å²) in [4.78, 5) is 17.0. The van der Waals surface area contributed by atoms with Gasteiger partial charge < -0.3 is 19.5 Å². The van der Waals surface area contributed by atoms with Gasteiger partial charge in [-0.2, -0.15) is 5.10 Å². The summed E-state index contributed by atoms with van der Waals surface area (Å²) in [5.41, 5.74) is 6.60. The number of furan rings is 1. The zero-order valence-electron chi connectivity index (χ0n) is 20.3. The number of carbonyl (C=O) groups excluding carboxylic acids is 1. The van der Waals surface area contributed by atoms with Gasteiger partial charge in [-0.15, -0.1) is 0 Å². The van der Waals surface area contributed by atoms with Crippen LogP contribution in [0.2, 0.25) is 0 Å². The first kappa shape index (κ1) is 22.9. The lowest BCUT2D eigenvalue weighted by atomic mass is 10.1. The average molecular weight is 470 g/mol. The fourth-order valence-electron chi connectivity index (χ4n) is 4.57. The minimum absolute atomic E-state index is 0.135. The van der Waals surface area contributed by atoms with Crippen LogP contribution in [-0.4, -0.2) is 53.3 Å². The Morgan fingerprint density at radius 2 is 1.80 bits per heavy atom. The summed E-state index contributed by atoms with van der Waals surface area (Å²) in [7, 11) is 0. The van der Waals surface area contributed by atoms with Crippen molar-refractivity contribution in [3.63, 3.8) is 0 Å². The molecule has 0 atom stereocenters. The number of para-hydroxylation sites is 1. The zero-order chi connectivity index (χ0) is 24.2. The van der Waals surface area contributed by atoms with E-state index in [2.05, 4.69) is 47.4 Å². The average Bonchev–Trinajstić information content (AvgIpc) is 3.55. The van der Waals surface area contributed by atoms with Crippen LogP contribution in [0.1, 0.15) is 16.7 Å². The van der Waals surface area contributed by atoms with Crippen molar-refractivity contribution in [3.05, 3.63) is 89.8 Å². The Morgan fingerprint density at radius 3 is 2.57 bits per heavy atom. The van der Waals surface area contributed by atoms with Crippen molar-refractivity contribution >= 4 is 11.6 Å². The highest BCUT2D eigenvalue weighted by Crippen LogP contribution is 2.23. The van der Waals surface area contributed by atoms with Crippen LogP contribution >= 0.6 is 0 Å². The molecule has 35 heavy (non-hydrogen) atoms. The van der Waals surface area contributed by atoms with Gasteiger partial charge >= 0.3 is 0 Å². The second kappa shape index (κ2) is 10.2. The molecule has 2 aromatic heterocycles. The van der Waals surface area contributed by atoms with Crippen LogP contribution in [0.3, 0.4) is 0 Å². The second-order valence-electron chi connectivity index (χ2n) is 9.06. The Hall–Kier alpha value is -3.84. The smallest absolute Gasteiger partial charge is 0.236 e. The van der Waals surface area contributed by atoms with E-state index in [9.17, 15) is 4.79 Å². The lowest BCUT2D eigenvalue weighted by Crippen LogP contribution is -2.51. The summed E-state index contributed by atoms with van der Waals surface area (Å²) in [6, 6.07) is 20.4. The molecule has 1 N–H and O–H groups in total. The van der Waals surface area contributed by atoms with E-state index < -0.39 is 0 Å². The van der Waals surface area contributed by atoms with Crippen molar-refractivity contribution in [1.29, 1.82) is 0 Å². The number of nitrogens with one attached hydrogen (secondary N) is 1. The van der Waals surface area contributed by atoms with Gasteiger partial charge in [0.05, 0.1) is 18.5 Å². The number of nitrogens with zero attached hydrogens (tertiary/aromatic N) is 4. The molecule has 0 bridgehead atoms. The van der Waals surface area contributed by atoms with Gasteiger partial charge in [0.1, 0.15) is 5.69 Å². The van der Waals surface area contributed by atoms with Crippen molar-refractivity contribution in [3.8, 4) is 17.1 Å². The highest BCUT2D eigenvalue weighted by atomic mass is 16.3. The molecular weight excluding hydrogens is 438 g/mol. The van der Waals surface area contributed by atoms with Crippen LogP contribution in [-0.2, 0) is 11.3 Å². The minimum Gasteiger partial charge on any atom is -0.462 e. The molecule has 0 unspecified atom stereocenters. The SMILES string of the molecule is Cc1ccc(N2CCN(C(=O)CNCc3coc(-c4ccn(-c5ccccc5)n4)c3)CC2)c(C)c1. The molecule has 7 heteroatoms. The van der Waals surface area contributed by atoms with Gasteiger partial charge in [-0.1, -0.05) is 35.9 Å². The summed E-state index contributed by atoms with van der Waals surface area (Å²) in [6.07, 6.45) is 3.64. The van der Waals surface area contributed by atoms with E-state index >= 15 is 0 Å². The van der Waals surface area contributed by atoms with E-state index in [-0.39, 0.29) is 5.91 Å². The Bertz CT molecular complexity index is 1290. The third-order valence-corrected chi connectivity index (χ3v) is 6.45. The van der Waals surface area contributed by atoms with Crippen molar-refractivity contribution in [2.75, 3.05) is 37.6 Å². The quantitative estimate of drug-likeness (QED) is 0.440. The van der Waals surface area contributed by atoms with Gasteiger partial charge in [0.15, 0.2) is 5.76 Å². The van der Waals surface area contributed by atoms with Crippen LogP contribution in [0.4, 0.5) is 5.69 Å². The summed E-state index contributed by atoms with van der Waals surface area (Å²) in [5.74, 6) is 0.848. The molecule has 1 fully saturated rings. The topological polar surface area (TPSA) is 66.5 Å². The Morgan fingerprint density at radius 1 is 1.00 bits per heavy atom. The Kier molecular flexibility index (Phi) is 6.68. The van der Waals surface area contributed by atoms with Crippen molar-refractivity contribution < 1.29 is 9.21 Å². The predicted octanol–water partition coefficient (Wildman–Crippen LogP) is 4.19. The molecule has 0 aliphatic carbocycles. The molecule has 180 valence electrons. The number of carbonyl (C=O) groups is 1. The molecule has 1 aliphatic rings. The summed E-state index contributed by atoms with van der Waals surface area (Å²) >= 11 is 0. The highest BCUT2D eigenvalue weighted by molar-refractivity contribution is 5.78. The number of amides is 1. The van der Waals surface area contributed by atoms with E-state index in [1.54, 1.807) is 6.26 Å². The van der Waals surface area contributed by atoms with E-state index in [1.807, 2.05) is 58.2 Å². The molecule has 0 radical (unpaired) electrons. The van der Waals surface area contributed by atoms with Crippen molar-refractivity contribution in [1.82, 2.24) is 20.0 Å². The van der Waals surface area contributed by atoms with Crippen LogP contribution in [0.25, 0.3) is 17.1 Å². The second-order valence-corrected chi connectivity index (χ2v) is 9.06. The molecule has 3 heterocycles. The lowest BCUT2D eigenvalue weighted by molar-refractivity contribution is -0.130. The monoisotopic (exact) mass is 469 g/mol. The Labute approximate surface area is 206 Å². The minimum atomic E-state index is 0.135. The third kappa shape index (κ3) is 5.30. The predicted molar refractivity (Wildman–Crippen MR) is 138 cm³/mol. The lowest BCUT2D eigenvalue weighted by Gasteiger charge is -2.37. The standard InChI is InChI=1S/C28H31N5O2/c1-21-8-9-26(22(2)16-21)31-12-14-32(15-13-31)28(34)19-29-18-23-17-27(35-20-23)25-10-11-33(30-25)24-6-4-3-5-7-24/h3-11,16-17,20,29H,12-15,18-19H2,1-2H3. The molecule has 1 aliphatic heterocycles. The number of rotatable bonds is 7. The molecule has 4 aromatic rings. The molecule has 5 rings (SSSR count). The van der Waals surface area contributed by atoms with Crippen molar-refractivity contribution in [2.24, 2.45) is 0 Å². The van der Waals surface area contributed by atoms with Crippen LogP contribution in [0, 0.1) is 13.8 Å². The molecule has 2 aromatic carbocycles. The first-order valence-electron chi connectivity index (χ1n) is 12.1. The van der Waals surface area contributed by atoms with E-state index in [0.29, 0.717) is 18.8 Å². The van der Waals surface area contributed by atoms with Gasteiger partial charge in [-0.3, -0.25) is 4.79 Å². The number of piperazine rings is 1. The fourth-order valence-corrected chi connectivity index (χ4v) is 4.57. The van der Waals surface area contributed by atoms with Crippen LogP contribution in [0.5, 0.6) is 0 Å². The number of aryl methyl sites for hydroxylation is 2. The van der Waals surface area contributed by atoms with Crippen molar-refractivity contribution in [2.45, 2.75) is 20.4 Å². The van der Waals surface area contributed by atoms with Gasteiger partial charge in [0.25, 0.3) is 0 Å². The number of hydrogen-bond donors (Lipinski definition) is 1. The van der Waals surface area contributed by atoms with Crippen LogP contribution < -0.4 is 10.2 Å². The van der Waals surface area contributed by atoms with Crippen LogP contribution in [0.15, 0.2) is 77.5 Å². The van der Waals surface area contributed by atoms with E-state index in [0.717, 1.165) is 43.1 Å². The summed E-state index contributed by atoms with van der Waals surface area (Å²) < 4.78 is 7.56. The third-order valence-electron chi connectivity index (χ3n) is 6.45. The van der Waals surface area contributed by atoms with E-state index in [1.165, 1.54) is 16.8 Å². The normalized spacial score (nSPS) is 13.9. The maximum Gasteiger partial charge on any atom is 0.236 e. The molecule has 1 saturated heterocycles. The van der Waals surface area contributed by atoms with E-state index in [4.69, 9.17) is 4.42 Å². The maximum absolute atomic E-state index is 12.7. The Balaban J connectivity index is 1.09. The number of aromatic nitrogens is 2. The molecule has 1 amide bonds. The largest absolute Gasteiger partial charge is 0.462 e. The first-order chi connectivity index (χ1) is 17.1. The summed E-state index contributed by atoms with van der Waals surface area (Å²) in [5, 5.41) is 7.87. The highest BCUT2D eigenvalue weighted by Gasteiger charge is 2.22. The number of benzene rings is 2. The van der Waals surface area contributed by atoms with Gasteiger partial charge in [0.2, 0.25) is 5.91 Å². The first-order valence-corrected chi connectivity index (χ1v) is 12.1. The van der Waals surface area contributed by atoms with Gasteiger partial charge in [0, 0.05) is 50.2 Å². The molecule has 0 spiro atoms. The van der Waals surface area contributed by atoms with Gasteiger partial charge in [-0.25, -0.2) is 4.68 Å². The number of anilines is 1. The molecule has 7 nitrogen and oxygen atoms in total. The maximum atomic E-state index is 12.7. The number of hydrogen-bond acceptors (Lipinski definition) is 5. The molecular formula is C28H31N5O2. The van der Waals surface area contributed by atoms with Gasteiger partial charge in [-0.05, 0) is 49.7 Å². The summed E-state index contributed by atoms with van der Waals surface area (Å²) in [6.45, 7) is 8.35. The zero-order valence-corrected chi connectivity index (χ0v) is 20.3.